The molecule has 0 radical (unpaired) electrons. The number of carbonyl (C=O) groups is 3. The largest absolute Gasteiger partial charge is 0.469 e. The van der Waals surface area contributed by atoms with Crippen LogP contribution in [0.2, 0.25) is 0 Å². The molecule has 1 aliphatic heterocycles. The second-order valence-corrected chi connectivity index (χ2v) is 5.62. The summed E-state index contributed by atoms with van der Waals surface area (Å²) in [6.07, 6.45) is 2.84. The lowest BCUT2D eigenvalue weighted by molar-refractivity contribution is -0.136. The lowest BCUT2D eigenvalue weighted by atomic mass is 10.2. The number of hydrogen-bond donors (Lipinski definition) is 0. The number of hydrogen-bond acceptors (Lipinski definition) is 6. The molecule has 0 atom stereocenters. The van der Waals surface area contributed by atoms with Crippen molar-refractivity contribution in [1.82, 2.24) is 9.80 Å². The van der Waals surface area contributed by atoms with Gasteiger partial charge in [0.05, 0.1) is 12.5 Å². The molecule has 0 bridgehead atoms. The Kier molecular flexibility index (Phi) is 4.87. The van der Waals surface area contributed by atoms with Crippen molar-refractivity contribution < 1.29 is 28.0 Å². The van der Waals surface area contributed by atoms with Crippen molar-refractivity contribution in [3.63, 3.8) is 0 Å². The summed E-state index contributed by atoms with van der Waals surface area (Å²) < 4.78 is 15.2. The van der Waals surface area contributed by atoms with Crippen LogP contribution < -0.4 is 0 Å². The molecule has 2 aromatic rings. The van der Waals surface area contributed by atoms with Crippen LogP contribution in [0.3, 0.4) is 0 Å². The Hall–Kier alpha value is -3.03. The van der Waals surface area contributed by atoms with Crippen molar-refractivity contribution in [3.05, 3.63) is 47.8 Å². The highest BCUT2D eigenvalue weighted by atomic mass is 16.5. The fourth-order valence-corrected chi connectivity index (χ4v) is 2.61. The number of esters is 1. The van der Waals surface area contributed by atoms with Gasteiger partial charge < -0.3 is 23.4 Å². The minimum absolute atomic E-state index is 0.195. The molecular weight excluding hydrogens is 328 g/mol. The minimum Gasteiger partial charge on any atom is -0.469 e. The zero-order valence-electron chi connectivity index (χ0n) is 13.8. The molecule has 0 N–H and O–H groups in total. The molecule has 8 nitrogen and oxygen atoms in total. The minimum atomic E-state index is -0.591. The van der Waals surface area contributed by atoms with Gasteiger partial charge in [0.1, 0.15) is 11.3 Å². The van der Waals surface area contributed by atoms with Crippen molar-refractivity contribution in [2.45, 2.75) is 6.92 Å². The van der Waals surface area contributed by atoms with Crippen molar-refractivity contribution >= 4 is 17.8 Å². The van der Waals surface area contributed by atoms with Gasteiger partial charge in [0.25, 0.3) is 11.8 Å². The monoisotopic (exact) mass is 346 g/mol. The van der Waals surface area contributed by atoms with E-state index < -0.39 is 5.97 Å². The highest BCUT2D eigenvalue weighted by molar-refractivity contribution is 5.92. The van der Waals surface area contributed by atoms with Crippen LogP contribution >= 0.6 is 0 Å². The number of piperazine rings is 1. The topological polar surface area (TPSA) is 93.2 Å². The summed E-state index contributed by atoms with van der Waals surface area (Å²) in [5, 5.41) is 0. The summed E-state index contributed by atoms with van der Waals surface area (Å²) in [5.41, 5.74) is 0.307. The van der Waals surface area contributed by atoms with Gasteiger partial charge in [-0.25, -0.2) is 4.79 Å². The number of furan rings is 2. The number of amides is 2. The lowest BCUT2D eigenvalue weighted by Crippen LogP contribution is -2.51. The van der Waals surface area contributed by atoms with Crippen LogP contribution in [0.25, 0.3) is 0 Å². The van der Waals surface area contributed by atoms with E-state index in [-0.39, 0.29) is 24.2 Å². The van der Waals surface area contributed by atoms with Gasteiger partial charge in [-0.2, -0.15) is 0 Å². The predicted molar refractivity (Wildman–Crippen MR) is 84.9 cm³/mol. The van der Waals surface area contributed by atoms with Gasteiger partial charge in [0, 0.05) is 26.2 Å². The molecule has 0 saturated carbocycles. The predicted octanol–water partition coefficient (Wildman–Crippen LogP) is 1.32. The molecule has 3 rings (SSSR count). The molecule has 0 aliphatic carbocycles. The van der Waals surface area contributed by atoms with E-state index in [0.717, 1.165) is 0 Å². The van der Waals surface area contributed by atoms with Crippen LogP contribution in [0.5, 0.6) is 0 Å². The molecule has 0 spiro atoms. The molecule has 132 valence electrons. The van der Waals surface area contributed by atoms with Gasteiger partial charge in [0.2, 0.25) is 0 Å². The molecule has 8 heteroatoms. The van der Waals surface area contributed by atoms with E-state index in [2.05, 4.69) is 0 Å². The number of carbonyl (C=O) groups excluding carboxylic acids is 3. The summed E-state index contributed by atoms with van der Waals surface area (Å²) in [6.45, 7) is 2.88. The van der Waals surface area contributed by atoms with Crippen LogP contribution in [0.1, 0.15) is 26.7 Å². The second kappa shape index (κ2) is 7.25. The van der Waals surface area contributed by atoms with Crippen molar-refractivity contribution in [1.29, 1.82) is 0 Å². The Morgan fingerprint density at radius 1 is 1.04 bits per heavy atom. The van der Waals surface area contributed by atoms with Crippen molar-refractivity contribution in [3.8, 4) is 0 Å². The molecule has 1 fully saturated rings. The zero-order valence-corrected chi connectivity index (χ0v) is 13.8. The second-order valence-electron chi connectivity index (χ2n) is 5.62. The smallest absolute Gasteiger partial charge is 0.342 e. The molecule has 2 aromatic heterocycles. The van der Waals surface area contributed by atoms with E-state index in [9.17, 15) is 14.4 Å². The Morgan fingerprint density at radius 3 is 2.36 bits per heavy atom. The normalized spacial score (nSPS) is 14.4. The van der Waals surface area contributed by atoms with E-state index in [0.29, 0.717) is 37.5 Å². The first-order valence-electron chi connectivity index (χ1n) is 7.88. The van der Waals surface area contributed by atoms with Crippen LogP contribution in [-0.4, -0.2) is 60.4 Å². The van der Waals surface area contributed by atoms with Crippen LogP contribution in [0.4, 0.5) is 0 Å². The maximum absolute atomic E-state index is 12.2. The summed E-state index contributed by atoms with van der Waals surface area (Å²) in [7, 11) is 0. The third kappa shape index (κ3) is 3.73. The standard InChI is InChI=1S/C17H18N2O6/c1-12-13(4-10-23-12)17(22)25-11-15(20)18-5-7-19(8-6-18)16(21)14-3-2-9-24-14/h2-4,9-10H,5-8,11H2,1H3. The number of aryl methyl sites for hydroxylation is 1. The van der Waals surface area contributed by atoms with E-state index >= 15 is 0 Å². The molecule has 25 heavy (non-hydrogen) atoms. The first-order valence-corrected chi connectivity index (χ1v) is 7.88. The summed E-state index contributed by atoms with van der Waals surface area (Å²) in [5.74, 6) is -0.350. The molecule has 1 saturated heterocycles. The highest BCUT2D eigenvalue weighted by Crippen LogP contribution is 2.12. The Balaban J connectivity index is 1.46. The van der Waals surface area contributed by atoms with Crippen LogP contribution in [0, 0.1) is 6.92 Å². The summed E-state index contributed by atoms with van der Waals surface area (Å²) >= 11 is 0. The van der Waals surface area contributed by atoms with E-state index in [1.807, 2.05) is 0 Å². The fourth-order valence-electron chi connectivity index (χ4n) is 2.61. The Labute approximate surface area is 143 Å². The first kappa shape index (κ1) is 16.8. The average molecular weight is 346 g/mol. The van der Waals surface area contributed by atoms with Gasteiger partial charge in [0.15, 0.2) is 12.4 Å². The summed E-state index contributed by atoms with van der Waals surface area (Å²) in [4.78, 5) is 39.4. The quantitative estimate of drug-likeness (QED) is 0.775. The van der Waals surface area contributed by atoms with E-state index in [4.69, 9.17) is 13.6 Å². The van der Waals surface area contributed by atoms with Gasteiger partial charge in [-0.3, -0.25) is 9.59 Å². The molecular formula is C17H18N2O6. The molecule has 3 heterocycles. The number of rotatable bonds is 4. The number of ether oxygens (including phenoxy) is 1. The van der Waals surface area contributed by atoms with E-state index in [1.54, 1.807) is 28.9 Å². The highest BCUT2D eigenvalue weighted by Gasteiger charge is 2.26. The van der Waals surface area contributed by atoms with E-state index in [1.165, 1.54) is 18.6 Å². The molecule has 0 unspecified atom stereocenters. The third-order valence-corrected chi connectivity index (χ3v) is 4.06. The fraction of sp³-hybridized carbons (Fsp3) is 0.353. The SMILES string of the molecule is Cc1occc1C(=O)OCC(=O)N1CCN(C(=O)c2ccco2)CC1. The lowest BCUT2D eigenvalue weighted by Gasteiger charge is -2.34. The van der Waals surface area contributed by atoms with Gasteiger partial charge >= 0.3 is 5.97 Å². The number of nitrogens with zero attached hydrogens (tertiary/aromatic N) is 2. The maximum Gasteiger partial charge on any atom is 0.342 e. The molecule has 0 aromatic carbocycles. The average Bonchev–Trinajstić information content (AvgIpc) is 3.30. The van der Waals surface area contributed by atoms with Crippen molar-refractivity contribution in [2.24, 2.45) is 0 Å². The maximum atomic E-state index is 12.2. The van der Waals surface area contributed by atoms with Crippen LogP contribution in [-0.2, 0) is 9.53 Å². The third-order valence-electron chi connectivity index (χ3n) is 4.06. The first-order chi connectivity index (χ1) is 12.1. The van der Waals surface area contributed by atoms with Gasteiger partial charge in [-0.1, -0.05) is 0 Å². The summed E-state index contributed by atoms with van der Waals surface area (Å²) in [6, 6.07) is 4.77. The molecule has 1 aliphatic rings. The molecule has 2 amide bonds. The zero-order chi connectivity index (χ0) is 17.8. The van der Waals surface area contributed by atoms with Crippen molar-refractivity contribution in [2.75, 3.05) is 32.8 Å². The van der Waals surface area contributed by atoms with Crippen LogP contribution in [0.15, 0.2) is 39.6 Å². The van der Waals surface area contributed by atoms with Gasteiger partial charge in [-0.15, -0.1) is 0 Å². The Morgan fingerprint density at radius 2 is 1.76 bits per heavy atom. The van der Waals surface area contributed by atoms with Gasteiger partial charge in [-0.05, 0) is 25.1 Å². The Bertz CT molecular complexity index is 756.